The van der Waals surface area contributed by atoms with Crippen LogP contribution in [0.5, 0.6) is 6.01 Å². The van der Waals surface area contributed by atoms with E-state index in [1.807, 2.05) is 12.1 Å². The topological polar surface area (TPSA) is 85.6 Å². The summed E-state index contributed by atoms with van der Waals surface area (Å²) in [6.45, 7) is 5.46. The second-order valence-corrected chi connectivity index (χ2v) is 6.08. The molecule has 1 aromatic heterocycles. The van der Waals surface area contributed by atoms with Gasteiger partial charge in [-0.1, -0.05) is 11.6 Å². The molecule has 134 valence electrons. The Morgan fingerprint density at radius 2 is 1.84 bits per heavy atom. The second kappa shape index (κ2) is 8.80. The van der Waals surface area contributed by atoms with Crippen LogP contribution in [0.4, 0.5) is 17.6 Å². The van der Waals surface area contributed by atoms with Crippen LogP contribution in [0.15, 0.2) is 24.3 Å². The Kier molecular flexibility index (Phi) is 6.21. The van der Waals surface area contributed by atoms with Gasteiger partial charge in [-0.25, -0.2) is 0 Å². The van der Waals surface area contributed by atoms with Crippen LogP contribution in [0.1, 0.15) is 0 Å². The third kappa shape index (κ3) is 5.42. The van der Waals surface area contributed by atoms with E-state index in [-0.39, 0.29) is 6.01 Å². The van der Waals surface area contributed by atoms with Crippen LogP contribution in [0.2, 0.25) is 5.02 Å². The molecule has 0 saturated carbocycles. The predicted octanol–water partition coefficient (Wildman–Crippen LogP) is 0.604. The van der Waals surface area contributed by atoms with Crippen molar-refractivity contribution in [2.75, 3.05) is 57.1 Å². The van der Waals surface area contributed by atoms with E-state index in [2.05, 4.69) is 25.6 Å². The number of hydrogen-bond acceptors (Lipinski definition) is 7. The van der Waals surface area contributed by atoms with Crippen molar-refractivity contribution in [1.29, 1.82) is 0 Å². The summed E-state index contributed by atoms with van der Waals surface area (Å²) in [6, 6.07) is 7.56. The highest BCUT2D eigenvalue weighted by molar-refractivity contribution is 6.30. The zero-order valence-electron chi connectivity index (χ0n) is 14.1. The third-order valence-electron chi connectivity index (χ3n) is 3.86. The molecular formula is C16H22ClN6O2+. The van der Waals surface area contributed by atoms with Gasteiger partial charge in [0.25, 0.3) is 0 Å². The van der Waals surface area contributed by atoms with E-state index in [1.54, 1.807) is 12.1 Å². The van der Waals surface area contributed by atoms with Crippen LogP contribution < -0.4 is 20.3 Å². The zero-order valence-corrected chi connectivity index (χ0v) is 14.8. The number of aromatic nitrogens is 3. The molecule has 0 amide bonds. The molecule has 1 fully saturated rings. The Hall–Kier alpha value is -2.16. The summed E-state index contributed by atoms with van der Waals surface area (Å²) in [5.41, 5.74) is 0.835. The Morgan fingerprint density at radius 3 is 2.56 bits per heavy atom. The molecule has 1 aliphatic rings. The highest BCUT2D eigenvalue weighted by atomic mass is 35.5. The summed E-state index contributed by atoms with van der Waals surface area (Å²) in [5, 5.41) is 7.03. The zero-order chi connectivity index (χ0) is 17.5. The number of quaternary nitrogens is 1. The van der Waals surface area contributed by atoms with Crippen molar-refractivity contribution in [2.24, 2.45) is 0 Å². The molecule has 1 saturated heterocycles. The number of nitrogens with one attached hydrogen (secondary N) is 3. The fourth-order valence-electron chi connectivity index (χ4n) is 2.51. The highest BCUT2D eigenvalue weighted by Gasteiger charge is 2.13. The van der Waals surface area contributed by atoms with E-state index in [0.717, 1.165) is 45.1 Å². The molecular weight excluding hydrogens is 344 g/mol. The van der Waals surface area contributed by atoms with Crippen LogP contribution >= 0.6 is 11.6 Å². The van der Waals surface area contributed by atoms with Gasteiger partial charge in [0.2, 0.25) is 11.9 Å². The van der Waals surface area contributed by atoms with Crippen molar-refractivity contribution in [3.63, 3.8) is 0 Å². The molecule has 9 heteroatoms. The predicted molar refractivity (Wildman–Crippen MR) is 96.0 cm³/mol. The van der Waals surface area contributed by atoms with Gasteiger partial charge in [-0.15, -0.1) is 0 Å². The summed E-state index contributed by atoms with van der Waals surface area (Å²) < 4.78 is 10.5. The normalized spacial score (nSPS) is 15.0. The molecule has 3 rings (SSSR count). The average molecular weight is 366 g/mol. The maximum atomic E-state index is 5.90. The molecule has 25 heavy (non-hydrogen) atoms. The van der Waals surface area contributed by atoms with Gasteiger partial charge >= 0.3 is 6.01 Å². The second-order valence-electron chi connectivity index (χ2n) is 5.64. The van der Waals surface area contributed by atoms with Crippen molar-refractivity contribution >= 4 is 29.2 Å². The number of ether oxygens (including phenoxy) is 2. The number of rotatable bonds is 7. The maximum Gasteiger partial charge on any atom is 0.322 e. The number of nitrogens with zero attached hydrogens (tertiary/aromatic N) is 3. The highest BCUT2D eigenvalue weighted by Crippen LogP contribution is 2.18. The molecule has 0 spiro atoms. The largest absolute Gasteiger partial charge is 0.467 e. The van der Waals surface area contributed by atoms with E-state index in [4.69, 9.17) is 21.1 Å². The van der Waals surface area contributed by atoms with Gasteiger partial charge in [-0.3, -0.25) is 0 Å². The first kappa shape index (κ1) is 17.7. The number of benzene rings is 1. The Labute approximate surface area is 151 Å². The quantitative estimate of drug-likeness (QED) is 0.662. The van der Waals surface area contributed by atoms with E-state index in [1.165, 1.54) is 12.0 Å². The van der Waals surface area contributed by atoms with Crippen molar-refractivity contribution in [3.8, 4) is 6.01 Å². The van der Waals surface area contributed by atoms with Gasteiger partial charge in [0.1, 0.15) is 13.1 Å². The van der Waals surface area contributed by atoms with Gasteiger partial charge in [0.15, 0.2) is 0 Å². The lowest BCUT2D eigenvalue weighted by Crippen LogP contribution is -3.14. The standard InChI is InChI=1S/C16H21ClN6O2/c1-24-16-21-14(18-6-7-23-8-10-25-11-9-23)20-15(22-16)19-13-4-2-12(17)3-5-13/h2-5H,6-11H2,1H3,(H2,18,19,20,21,22)/p+1. The van der Waals surface area contributed by atoms with E-state index in [9.17, 15) is 0 Å². The summed E-state index contributed by atoms with van der Waals surface area (Å²) in [4.78, 5) is 14.4. The summed E-state index contributed by atoms with van der Waals surface area (Å²) in [5.74, 6) is 0.895. The molecule has 1 aromatic carbocycles. The minimum atomic E-state index is 0.257. The van der Waals surface area contributed by atoms with E-state index >= 15 is 0 Å². The fraction of sp³-hybridized carbons (Fsp3) is 0.438. The monoisotopic (exact) mass is 365 g/mol. The molecule has 1 aliphatic heterocycles. The molecule has 0 atom stereocenters. The van der Waals surface area contributed by atoms with Gasteiger partial charge in [0.05, 0.1) is 33.4 Å². The van der Waals surface area contributed by atoms with Crippen LogP contribution in [0.3, 0.4) is 0 Å². The number of hydrogen-bond donors (Lipinski definition) is 3. The first-order valence-electron chi connectivity index (χ1n) is 8.21. The van der Waals surface area contributed by atoms with Crippen LogP contribution in [-0.2, 0) is 4.74 Å². The van der Waals surface area contributed by atoms with Crippen molar-refractivity contribution in [2.45, 2.75) is 0 Å². The van der Waals surface area contributed by atoms with Gasteiger partial charge < -0.3 is 25.0 Å². The minimum absolute atomic E-state index is 0.257. The van der Waals surface area contributed by atoms with Gasteiger partial charge in [-0.05, 0) is 24.3 Å². The lowest BCUT2D eigenvalue weighted by molar-refractivity contribution is -0.906. The molecule has 0 aliphatic carbocycles. The Bertz CT molecular complexity index is 679. The third-order valence-corrected chi connectivity index (χ3v) is 4.11. The first-order chi connectivity index (χ1) is 12.2. The summed E-state index contributed by atoms with van der Waals surface area (Å²) in [6.07, 6.45) is 0. The fourth-order valence-corrected chi connectivity index (χ4v) is 2.63. The molecule has 0 unspecified atom stereocenters. The lowest BCUT2D eigenvalue weighted by atomic mass is 10.3. The van der Waals surface area contributed by atoms with Gasteiger partial charge in [0, 0.05) is 10.7 Å². The minimum Gasteiger partial charge on any atom is -0.467 e. The number of morpholine rings is 1. The Balaban J connectivity index is 1.61. The lowest BCUT2D eigenvalue weighted by Gasteiger charge is -2.23. The first-order valence-corrected chi connectivity index (χ1v) is 8.58. The average Bonchev–Trinajstić information content (AvgIpc) is 2.64. The number of halogens is 1. The number of anilines is 3. The van der Waals surface area contributed by atoms with Gasteiger partial charge in [-0.2, -0.15) is 15.0 Å². The molecule has 3 N–H and O–H groups in total. The summed E-state index contributed by atoms with van der Waals surface area (Å²) in [7, 11) is 1.53. The van der Waals surface area contributed by atoms with Crippen molar-refractivity contribution < 1.29 is 14.4 Å². The van der Waals surface area contributed by atoms with Crippen LogP contribution in [0, 0.1) is 0 Å². The van der Waals surface area contributed by atoms with Crippen LogP contribution in [-0.4, -0.2) is 61.5 Å². The van der Waals surface area contributed by atoms with E-state index < -0.39 is 0 Å². The molecule has 2 heterocycles. The van der Waals surface area contributed by atoms with Crippen molar-refractivity contribution in [3.05, 3.63) is 29.3 Å². The maximum absolute atomic E-state index is 5.90. The SMILES string of the molecule is COc1nc(NCC[NH+]2CCOCC2)nc(Nc2ccc(Cl)cc2)n1. The van der Waals surface area contributed by atoms with Crippen LogP contribution in [0.25, 0.3) is 0 Å². The van der Waals surface area contributed by atoms with Crippen molar-refractivity contribution in [1.82, 2.24) is 15.0 Å². The molecule has 2 aromatic rings. The van der Waals surface area contributed by atoms with E-state index in [0.29, 0.717) is 16.9 Å². The smallest absolute Gasteiger partial charge is 0.322 e. The summed E-state index contributed by atoms with van der Waals surface area (Å²) >= 11 is 5.90. The molecule has 8 nitrogen and oxygen atoms in total. The Morgan fingerprint density at radius 1 is 1.12 bits per heavy atom. The number of methoxy groups -OCH3 is 1. The molecule has 0 bridgehead atoms. The molecule has 0 radical (unpaired) electrons.